The van der Waals surface area contributed by atoms with Gasteiger partial charge < -0.3 is 10.2 Å². The lowest BCUT2D eigenvalue weighted by Gasteiger charge is -2.27. The van der Waals surface area contributed by atoms with Gasteiger partial charge in [-0.25, -0.2) is 9.97 Å². The number of nitriles is 1. The van der Waals surface area contributed by atoms with E-state index < -0.39 is 0 Å². The first kappa shape index (κ1) is 13.8. The van der Waals surface area contributed by atoms with Gasteiger partial charge in [0.1, 0.15) is 11.8 Å². The van der Waals surface area contributed by atoms with Gasteiger partial charge in [-0.1, -0.05) is 13.8 Å². The summed E-state index contributed by atoms with van der Waals surface area (Å²) in [7, 11) is 0. The van der Waals surface area contributed by atoms with Gasteiger partial charge in [-0.3, -0.25) is 0 Å². The first-order chi connectivity index (χ1) is 9.19. The predicted octanol–water partition coefficient (Wildman–Crippen LogP) is 1.56. The van der Waals surface area contributed by atoms with Crippen molar-refractivity contribution in [1.29, 1.82) is 5.26 Å². The van der Waals surface area contributed by atoms with E-state index in [-0.39, 0.29) is 0 Å². The zero-order valence-corrected chi connectivity index (χ0v) is 11.6. The number of nitrogens with one attached hydrogen (secondary N) is 1. The first-order valence-electron chi connectivity index (χ1n) is 6.90. The SMILES string of the molecule is CC(C)CN(CC1CCCN1)c1nccc(C#N)n1. The number of hydrogen-bond donors (Lipinski definition) is 1. The van der Waals surface area contributed by atoms with Gasteiger partial charge in [0.05, 0.1) is 0 Å². The number of anilines is 1. The Morgan fingerprint density at radius 1 is 1.58 bits per heavy atom. The average molecular weight is 259 g/mol. The third kappa shape index (κ3) is 3.90. The van der Waals surface area contributed by atoms with E-state index in [1.54, 1.807) is 12.3 Å². The van der Waals surface area contributed by atoms with E-state index in [4.69, 9.17) is 5.26 Å². The molecule has 1 N–H and O–H groups in total. The Morgan fingerprint density at radius 3 is 3.05 bits per heavy atom. The minimum Gasteiger partial charge on any atom is -0.339 e. The Bertz CT molecular complexity index is 445. The molecule has 1 aliphatic heterocycles. The zero-order valence-electron chi connectivity index (χ0n) is 11.6. The molecule has 1 atom stereocenters. The zero-order chi connectivity index (χ0) is 13.7. The van der Waals surface area contributed by atoms with Crippen LogP contribution in [0.3, 0.4) is 0 Å². The van der Waals surface area contributed by atoms with Crippen LogP contribution in [0.1, 0.15) is 32.4 Å². The highest BCUT2D eigenvalue weighted by molar-refractivity contribution is 5.34. The second kappa shape index (κ2) is 6.48. The number of nitrogens with zero attached hydrogens (tertiary/aromatic N) is 4. The van der Waals surface area contributed by atoms with Crippen molar-refractivity contribution in [2.45, 2.75) is 32.7 Å². The fraction of sp³-hybridized carbons (Fsp3) is 0.643. The third-order valence-corrected chi connectivity index (χ3v) is 3.23. The van der Waals surface area contributed by atoms with Gasteiger partial charge >= 0.3 is 0 Å². The molecule has 1 fully saturated rings. The van der Waals surface area contributed by atoms with E-state index in [1.807, 2.05) is 0 Å². The van der Waals surface area contributed by atoms with Crippen LogP contribution >= 0.6 is 0 Å². The summed E-state index contributed by atoms with van der Waals surface area (Å²) >= 11 is 0. The molecule has 1 aromatic heterocycles. The molecule has 2 heterocycles. The van der Waals surface area contributed by atoms with Crippen LogP contribution in [0.4, 0.5) is 5.95 Å². The second-order valence-corrected chi connectivity index (χ2v) is 5.45. The number of aromatic nitrogens is 2. The topological polar surface area (TPSA) is 64.8 Å². The first-order valence-corrected chi connectivity index (χ1v) is 6.90. The van der Waals surface area contributed by atoms with E-state index in [0.717, 1.165) is 19.6 Å². The van der Waals surface area contributed by atoms with Crippen LogP contribution < -0.4 is 10.2 Å². The summed E-state index contributed by atoms with van der Waals surface area (Å²) < 4.78 is 0. The molecule has 102 valence electrons. The maximum absolute atomic E-state index is 8.94. The monoisotopic (exact) mass is 259 g/mol. The summed E-state index contributed by atoms with van der Waals surface area (Å²) in [6.07, 6.45) is 4.10. The summed E-state index contributed by atoms with van der Waals surface area (Å²) in [4.78, 5) is 10.8. The molecular weight excluding hydrogens is 238 g/mol. The lowest BCUT2D eigenvalue weighted by Crippen LogP contribution is -2.40. The molecule has 1 unspecified atom stereocenters. The molecule has 0 radical (unpaired) electrons. The van der Waals surface area contributed by atoms with Gasteiger partial charge in [0.2, 0.25) is 5.95 Å². The maximum atomic E-state index is 8.94. The van der Waals surface area contributed by atoms with Crippen LogP contribution in [0.5, 0.6) is 0 Å². The molecule has 1 aliphatic rings. The molecule has 0 aliphatic carbocycles. The van der Waals surface area contributed by atoms with Gasteiger partial charge in [0.25, 0.3) is 0 Å². The summed E-state index contributed by atoms with van der Waals surface area (Å²) in [6.45, 7) is 7.28. The van der Waals surface area contributed by atoms with Crippen molar-refractivity contribution in [3.63, 3.8) is 0 Å². The highest BCUT2D eigenvalue weighted by Gasteiger charge is 2.20. The van der Waals surface area contributed by atoms with Gasteiger partial charge in [-0.05, 0) is 31.4 Å². The van der Waals surface area contributed by atoms with Crippen molar-refractivity contribution in [2.75, 3.05) is 24.5 Å². The Morgan fingerprint density at radius 2 is 2.42 bits per heavy atom. The van der Waals surface area contributed by atoms with Gasteiger partial charge in [0, 0.05) is 25.3 Å². The van der Waals surface area contributed by atoms with Crippen molar-refractivity contribution in [3.05, 3.63) is 18.0 Å². The van der Waals surface area contributed by atoms with Crippen molar-refractivity contribution >= 4 is 5.95 Å². The van der Waals surface area contributed by atoms with Crippen molar-refractivity contribution < 1.29 is 0 Å². The van der Waals surface area contributed by atoms with Gasteiger partial charge in [-0.2, -0.15) is 5.26 Å². The Kier molecular flexibility index (Phi) is 4.69. The normalized spacial score (nSPS) is 18.5. The van der Waals surface area contributed by atoms with Gasteiger partial charge in [-0.15, -0.1) is 0 Å². The quantitative estimate of drug-likeness (QED) is 0.869. The number of rotatable bonds is 5. The molecule has 2 rings (SSSR count). The van der Waals surface area contributed by atoms with Gasteiger partial charge in [0.15, 0.2) is 0 Å². The molecule has 1 aromatic rings. The van der Waals surface area contributed by atoms with Crippen LogP contribution in [0.2, 0.25) is 0 Å². The van der Waals surface area contributed by atoms with E-state index >= 15 is 0 Å². The maximum Gasteiger partial charge on any atom is 0.226 e. The summed E-state index contributed by atoms with van der Waals surface area (Å²) in [6, 6.07) is 4.23. The third-order valence-electron chi connectivity index (χ3n) is 3.23. The molecule has 5 nitrogen and oxygen atoms in total. The highest BCUT2D eigenvalue weighted by Crippen LogP contribution is 2.14. The smallest absolute Gasteiger partial charge is 0.226 e. The van der Waals surface area contributed by atoms with Crippen molar-refractivity contribution in [1.82, 2.24) is 15.3 Å². The molecule has 0 amide bonds. The van der Waals surface area contributed by atoms with Crippen LogP contribution in [0.25, 0.3) is 0 Å². The summed E-state index contributed by atoms with van der Waals surface area (Å²) in [5, 5.41) is 12.4. The van der Waals surface area contributed by atoms with E-state index in [0.29, 0.717) is 23.6 Å². The lowest BCUT2D eigenvalue weighted by atomic mass is 10.1. The van der Waals surface area contributed by atoms with Crippen LogP contribution in [-0.2, 0) is 0 Å². The molecule has 0 aromatic carbocycles. The number of hydrogen-bond acceptors (Lipinski definition) is 5. The Labute approximate surface area is 114 Å². The summed E-state index contributed by atoms with van der Waals surface area (Å²) in [5.41, 5.74) is 0.429. The fourth-order valence-electron chi connectivity index (χ4n) is 2.42. The van der Waals surface area contributed by atoms with Crippen molar-refractivity contribution in [3.8, 4) is 6.07 Å². The molecule has 0 saturated carbocycles. The molecule has 1 saturated heterocycles. The molecule has 5 heteroatoms. The summed E-state index contributed by atoms with van der Waals surface area (Å²) in [5.74, 6) is 1.21. The lowest BCUT2D eigenvalue weighted by molar-refractivity contribution is 0.533. The molecular formula is C14H21N5. The second-order valence-electron chi connectivity index (χ2n) is 5.45. The van der Waals surface area contributed by atoms with E-state index in [9.17, 15) is 0 Å². The molecule has 0 bridgehead atoms. The predicted molar refractivity (Wildman–Crippen MR) is 74.8 cm³/mol. The fourth-order valence-corrected chi connectivity index (χ4v) is 2.42. The van der Waals surface area contributed by atoms with Crippen LogP contribution in [-0.4, -0.2) is 35.6 Å². The minimum absolute atomic E-state index is 0.429. The largest absolute Gasteiger partial charge is 0.339 e. The Hall–Kier alpha value is -1.67. The van der Waals surface area contributed by atoms with Crippen LogP contribution in [0.15, 0.2) is 12.3 Å². The van der Waals surface area contributed by atoms with Crippen molar-refractivity contribution in [2.24, 2.45) is 5.92 Å². The Balaban J connectivity index is 2.13. The van der Waals surface area contributed by atoms with E-state index in [2.05, 4.69) is 40.1 Å². The van der Waals surface area contributed by atoms with E-state index in [1.165, 1.54) is 12.8 Å². The highest BCUT2D eigenvalue weighted by atomic mass is 15.3. The van der Waals surface area contributed by atoms with Crippen LogP contribution in [0, 0.1) is 17.2 Å². The molecule has 0 spiro atoms. The minimum atomic E-state index is 0.429. The molecule has 19 heavy (non-hydrogen) atoms. The standard InChI is InChI=1S/C14H21N5/c1-11(2)9-19(10-13-4-3-6-16-13)14-17-7-5-12(8-15)18-14/h5,7,11,13,16H,3-4,6,9-10H2,1-2H3. The average Bonchev–Trinajstić information content (AvgIpc) is 2.90.